The SMILES string of the molecule is COc1ccc(CN2CC(C(=O)Nc3ccc4c(c3)OCO4)CC2=O)cc1OC. The number of nitrogens with one attached hydrogen (secondary N) is 1. The minimum atomic E-state index is -0.409. The standard InChI is InChI=1S/C21H22N2O6/c1-26-16-5-3-13(7-18(16)27-2)10-23-11-14(8-20(23)24)21(25)22-15-4-6-17-19(9-15)29-12-28-17/h3-7,9,14H,8,10-12H2,1-2H3,(H,22,25). The number of anilines is 1. The molecule has 4 rings (SSSR count). The van der Waals surface area contributed by atoms with Gasteiger partial charge in [-0.3, -0.25) is 9.59 Å². The van der Waals surface area contributed by atoms with Crippen molar-refractivity contribution in [3.63, 3.8) is 0 Å². The number of benzene rings is 2. The third-order valence-electron chi connectivity index (χ3n) is 5.05. The van der Waals surface area contributed by atoms with Crippen LogP contribution in [0, 0.1) is 5.92 Å². The van der Waals surface area contributed by atoms with E-state index in [1.165, 1.54) is 0 Å². The van der Waals surface area contributed by atoms with Crippen molar-refractivity contribution in [1.29, 1.82) is 0 Å². The molecule has 2 aliphatic heterocycles. The molecule has 0 saturated carbocycles. The van der Waals surface area contributed by atoms with E-state index in [2.05, 4.69) is 5.32 Å². The number of rotatable bonds is 6. The quantitative estimate of drug-likeness (QED) is 0.804. The van der Waals surface area contributed by atoms with Crippen molar-refractivity contribution in [2.45, 2.75) is 13.0 Å². The second kappa shape index (κ2) is 7.90. The van der Waals surface area contributed by atoms with Gasteiger partial charge in [0.2, 0.25) is 18.6 Å². The van der Waals surface area contributed by atoms with Crippen molar-refractivity contribution in [1.82, 2.24) is 4.90 Å². The lowest BCUT2D eigenvalue weighted by Gasteiger charge is -2.18. The Balaban J connectivity index is 1.39. The summed E-state index contributed by atoms with van der Waals surface area (Å²) in [7, 11) is 3.14. The third kappa shape index (κ3) is 3.91. The van der Waals surface area contributed by atoms with E-state index in [1.807, 2.05) is 12.1 Å². The Bertz CT molecular complexity index is 945. The normalized spacial score (nSPS) is 17.4. The lowest BCUT2D eigenvalue weighted by Crippen LogP contribution is -2.28. The average molecular weight is 398 g/mol. The van der Waals surface area contributed by atoms with Gasteiger partial charge in [0.05, 0.1) is 20.1 Å². The van der Waals surface area contributed by atoms with Gasteiger partial charge in [-0.05, 0) is 29.8 Å². The minimum Gasteiger partial charge on any atom is -0.493 e. The monoisotopic (exact) mass is 398 g/mol. The number of carbonyl (C=O) groups excluding carboxylic acids is 2. The van der Waals surface area contributed by atoms with E-state index in [-0.39, 0.29) is 25.0 Å². The molecule has 152 valence electrons. The summed E-state index contributed by atoms with van der Waals surface area (Å²) >= 11 is 0. The molecule has 1 fully saturated rings. The van der Waals surface area contributed by atoms with E-state index in [0.29, 0.717) is 41.8 Å². The van der Waals surface area contributed by atoms with Crippen LogP contribution in [0.3, 0.4) is 0 Å². The fraction of sp³-hybridized carbons (Fsp3) is 0.333. The molecular formula is C21H22N2O6. The molecule has 8 nitrogen and oxygen atoms in total. The Morgan fingerprint density at radius 2 is 1.90 bits per heavy atom. The number of hydrogen-bond acceptors (Lipinski definition) is 6. The van der Waals surface area contributed by atoms with Crippen molar-refractivity contribution in [2.75, 3.05) is 32.9 Å². The summed E-state index contributed by atoms with van der Waals surface area (Å²) in [6.07, 6.45) is 0.184. The smallest absolute Gasteiger partial charge is 0.231 e. The number of methoxy groups -OCH3 is 2. The molecular weight excluding hydrogens is 376 g/mol. The highest BCUT2D eigenvalue weighted by molar-refractivity contribution is 5.97. The first-order chi connectivity index (χ1) is 14.1. The molecule has 1 saturated heterocycles. The number of likely N-dealkylation sites (tertiary alicyclic amines) is 1. The van der Waals surface area contributed by atoms with Crippen molar-refractivity contribution >= 4 is 17.5 Å². The van der Waals surface area contributed by atoms with E-state index < -0.39 is 5.92 Å². The van der Waals surface area contributed by atoms with Crippen molar-refractivity contribution in [3.05, 3.63) is 42.0 Å². The maximum Gasteiger partial charge on any atom is 0.231 e. The van der Waals surface area contributed by atoms with Crippen LogP contribution in [-0.4, -0.2) is 44.3 Å². The van der Waals surface area contributed by atoms with Gasteiger partial charge in [-0.2, -0.15) is 0 Å². The van der Waals surface area contributed by atoms with Gasteiger partial charge in [-0.1, -0.05) is 6.07 Å². The van der Waals surface area contributed by atoms with E-state index in [1.54, 1.807) is 43.4 Å². The Hall–Kier alpha value is -3.42. The van der Waals surface area contributed by atoms with Gasteiger partial charge < -0.3 is 29.2 Å². The van der Waals surface area contributed by atoms with Crippen LogP contribution in [0.4, 0.5) is 5.69 Å². The predicted molar refractivity (Wildman–Crippen MR) is 104 cm³/mol. The molecule has 8 heteroatoms. The van der Waals surface area contributed by atoms with Crippen molar-refractivity contribution in [3.8, 4) is 23.0 Å². The lowest BCUT2D eigenvalue weighted by atomic mass is 10.1. The van der Waals surface area contributed by atoms with Crippen molar-refractivity contribution < 1.29 is 28.5 Å². The number of hydrogen-bond donors (Lipinski definition) is 1. The number of amides is 2. The molecule has 0 spiro atoms. The first-order valence-corrected chi connectivity index (χ1v) is 9.26. The summed E-state index contributed by atoms with van der Waals surface area (Å²) in [4.78, 5) is 26.8. The number of nitrogens with zero attached hydrogens (tertiary/aromatic N) is 1. The molecule has 2 aromatic carbocycles. The van der Waals surface area contributed by atoms with Gasteiger partial charge in [0.15, 0.2) is 23.0 Å². The Labute approximate surface area is 168 Å². The van der Waals surface area contributed by atoms with Gasteiger partial charge in [0.1, 0.15) is 0 Å². The first-order valence-electron chi connectivity index (χ1n) is 9.26. The summed E-state index contributed by atoms with van der Waals surface area (Å²) in [5.74, 6) is 1.84. The molecule has 2 aliphatic rings. The Kier molecular flexibility index (Phi) is 5.16. The van der Waals surface area contributed by atoms with E-state index >= 15 is 0 Å². The van der Waals surface area contributed by atoms with Crippen LogP contribution in [0.5, 0.6) is 23.0 Å². The van der Waals surface area contributed by atoms with E-state index in [9.17, 15) is 9.59 Å². The first kappa shape index (κ1) is 18.9. The third-order valence-corrected chi connectivity index (χ3v) is 5.05. The molecule has 0 aromatic heterocycles. The van der Waals surface area contributed by atoms with Gasteiger partial charge in [-0.15, -0.1) is 0 Å². The van der Waals surface area contributed by atoms with Crippen LogP contribution >= 0.6 is 0 Å². The summed E-state index contributed by atoms with van der Waals surface area (Å²) < 4.78 is 21.2. The number of carbonyl (C=O) groups is 2. The predicted octanol–water partition coefficient (Wildman–Crippen LogP) is 2.42. The molecule has 0 aliphatic carbocycles. The molecule has 0 bridgehead atoms. The van der Waals surface area contributed by atoms with Crippen LogP contribution < -0.4 is 24.3 Å². The van der Waals surface area contributed by atoms with Gasteiger partial charge in [0.25, 0.3) is 0 Å². The number of fused-ring (bicyclic) bond motifs is 1. The highest BCUT2D eigenvalue weighted by atomic mass is 16.7. The molecule has 29 heavy (non-hydrogen) atoms. The lowest BCUT2D eigenvalue weighted by molar-refractivity contribution is -0.128. The molecule has 0 radical (unpaired) electrons. The fourth-order valence-corrected chi connectivity index (χ4v) is 3.52. The minimum absolute atomic E-state index is 0.0504. The largest absolute Gasteiger partial charge is 0.493 e. The second-order valence-electron chi connectivity index (χ2n) is 6.92. The average Bonchev–Trinajstić information content (AvgIpc) is 3.34. The summed E-state index contributed by atoms with van der Waals surface area (Å²) in [5, 5.41) is 2.86. The van der Waals surface area contributed by atoms with E-state index in [0.717, 1.165) is 5.56 Å². The molecule has 2 heterocycles. The maximum atomic E-state index is 12.6. The fourth-order valence-electron chi connectivity index (χ4n) is 3.52. The zero-order chi connectivity index (χ0) is 20.4. The van der Waals surface area contributed by atoms with Crippen LogP contribution in [0.25, 0.3) is 0 Å². The van der Waals surface area contributed by atoms with Crippen LogP contribution in [0.1, 0.15) is 12.0 Å². The highest BCUT2D eigenvalue weighted by Crippen LogP contribution is 2.34. The topological polar surface area (TPSA) is 86.3 Å². The zero-order valence-electron chi connectivity index (χ0n) is 16.3. The van der Waals surface area contributed by atoms with Gasteiger partial charge in [0, 0.05) is 31.3 Å². The molecule has 2 aromatic rings. The van der Waals surface area contributed by atoms with E-state index in [4.69, 9.17) is 18.9 Å². The summed E-state index contributed by atoms with van der Waals surface area (Å²) in [6.45, 7) is 0.950. The number of ether oxygens (including phenoxy) is 4. The molecule has 1 atom stereocenters. The Morgan fingerprint density at radius 1 is 1.10 bits per heavy atom. The van der Waals surface area contributed by atoms with Crippen LogP contribution in [0.15, 0.2) is 36.4 Å². The summed E-state index contributed by atoms with van der Waals surface area (Å²) in [5.41, 5.74) is 1.53. The van der Waals surface area contributed by atoms with Gasteiger partial charge >= 0.3 is 0 Å². The molecule has 1 unspecified atom stereocenters. The Morgan fingerprint density at radius 3 is 2.69 bits per heavy atom. The van der Waals surface area contributed by atoms with Crippen LogP contribution in [-0.2, 0) is 16.1 Å². The van der Waals surface area contributed by atoms with Crippen molar-refractivity contribution in [2.24, 2.45) is 5.92 Å². The van der Waals surface area contributed by atoms with Gasteiger partial charge in [-0.25, -0.2) is 0 Å². The molecule has 2 amide bonds. The maximum absolute atomic E-state index is 12.6. The summed E-state index contributed by atoms with van der Waals surface area (Å²) in [6, 6.07) is 10.8. The van der Waals surface area contributed by atoms with Crippen LogP contribution in [0.2, 0.25) is 0 Å². The molecule has 1 N–H and O–H groups in total. The second-order valence-corrected chi connectivity index (χ2v) is 6.92. The highest BCUT2D eigenvalue weighted by Gasteiger charge is 2.34. The zero-order valence-corrected chi connectivity index (χ0v) is 16.3.